The van der Waals surface area contributed by atoms with Crippen LogP contribution in [-0.2, 0) is 16.1 Å². The highest BCUT2D eigenvalue weighted by Gasteiger charge is 2.30. The third-order valence-corrected chi connectivity index (χ3v) is 3.72. The Morgan fingerprint density at radius 3 is 3.11 bits per heavy atom. The van der Waals surface area contributed by atoms with Crippen molar-refractivity contribution in [2.45, 2.75) is 26.4 Å². The lowest BCUT2D eigenvalue weighted by Crippen LogP contribution is -2.56. The molecule has 1 unspecified atom stereocenters. The maximum Gasteiger partial charge on any atom is 0.243 e. The van der Waals surface area contributed by atoms with Crippen LogP contribution in [0.5, 0.6) is 0 Å². The van der Waals surface area contributed by atoms with Crippen LogP contribution in [0.15, 0.2) is 6.20 Å². The standard InChI is InChI=1S/C11H16N4O2S/c1-3-12-11-13-4-8(18-11)5-15-6-9(16)14-10(17)7(15)2/h4,7H,3,5-6H2,1-2H3,(H,12,13)(H,14,16,17). The van der Waals surface area contributed by atoms with E-state index in [0.29, 0.717) is 6.54 Å². The average molecular weight is 268 g/mol. The highest BCUT2D eigenvalue weighted by molar-refractivity contribution is 7.15. The Bertz CT molecular complexity index is 460. The van der Waals surface area contributed by atoms with Crippen LogP contribution in [0.4, 0.5) is 5.13 Å². The molecular formula is C11H16N4O2S. The van der Waals surface area contributed by atoms with Crippen molar-refractivity contribution in [3.8, 4) is 0 Å². The summed E-state index contributed by atoms with van der Waals surface area (Å²) in [6, 6.07) is -0.285. The summed E-state index contributed by atoms with van der Waals surface area (Å²) >= 11 is 1.55. The van der Waals surface area contributed by atoms with Crippen molar-refractivity contribution in [3.05, 3.63) is 11.1 Å². The summed E-state index contributed by atoms with van der Waals surface area (Å²) in [5.41, 5.74) is 0. The molecule has 0 saturated carbocycles. The second-order valence-corrected chi connectivity index (χ2v) is 5.27. The van der Waals surface area contributed by atoms with Crippen LogP contribution >= 0.6 is 11.3 Å². The van der Waals surface area contributed by atoms with Crippen molar-refractivity contribution in [1.82, 2.24) is 15.2 Å². The molecule has 6 nitrogen and oxygen atoms in total. The molecule has 2 amide bonds. The molecule has 2 N–H and O–H groups in total. The summed E-state index contributed by atoms with van der Waals surface area (Å²) < 4.78 is 0. The lowest BCUT2D eigenvalue weighted by molar-refractivity contribution is -0.139. The van der Waals surface area contributed by atoms with Gasteiger partial charge in [0.25, 0.3) is 0 Å². The molecule has 2 heterocycles. The fraction of sp³-hybridized carbons (Fsp3) is 0.545. The zero-order valence-corrected chi connectivity index (χ0v) is 11.2. The van der Waals surface area contributed by atoms with E-state index in [1.807, 2.05) is 11.8 Å². The number of aromatic nitrogens is 1. The van der Waals surface area contributed by atoms with E-state index in [1.165, 1.54) is 0 Å². The SMILES string of the molecule is CCNc1ncc(CN2CC(=O)NC(=O)C2C)s1. The number of carbonyl (C=O) groups excluding carboxylic acids is 2. The molecule has 0 aromatic carbocycles. The van der Waals surface area contributed by atoms with Crippen LogP contribution in [0.25, 0.3) is 0 Å². The van der Waals surface area contributed by atoms with Crippen molar-refractivity contribution >= 4 is 28.3 Å². The normalized spacial score (nSPS) is 20.9. The van der Waals surface area contributed by atoms with Gasteiger partial charge in [0, 0.05) is 24.2 Å². The molecule has 18 heavy (non-hydrogen) atoms. The van der Waals surface area contributed by atoms with Gasteiger partial charge in [0.1, 0.15) is 0 Å². The van der Waals surface area contributed by atoms with E-state index < -0.39 is 0 Å². The van der Waals surface area contributed by atoms with Crippen LogP contribution in [0, 0.1) is 0 Å². The number of imide groups is 1. The number of anilines is 1. The van der Waals surface area contributed by atoms with Gasteiger partial charge in [-0.2, -0.15) is 0 Å². The molecule has 1 aliphatic rings. The van der Waals surface area contributed by atoms with Gasteiger partial charge in [-0.05, 0) is 13.8 Å². The number of rotatable bonds is 4. The zero-order chi connectivity index (χ0) is 13.1. The fourth-order valence-electron chi connectivity index (χ4n) is 1.78. The Kier molecular flexibility index (Phi) is 3.93. The first-order chi connectivity index (χ1) is 8.60. The minimum absolute atomic E-state index is 0.234. The van der Waals surface area contributed by atoms with Crippen molar-refractivity contribution in [2.75, 3.05) is 18.4 Å². The number of nitrogens with zero attached hydrogens (tertiary/aromatic N) is 2. The van der Waals surface area contributed by atoms with E-state index in [1.54, 1.807) is 24.5 Å². The molecule has 0 aliphatic carbocycles. The average Bonchev–Trinajstić information content (AvgIpc) is 2.73. The first kappa shape index (κ1) is 13.0. The van der Waals surface area contributed by atoms with Crippen LogP contribution < -0.4 is 10.6 Å². The first-order valence-electron chi connectivity index (χ1n) is 5.86. The van der Waals surface area contributed by atoms with Gasteiger partial charge in [0.15, 0.2) is 5.13 Å². The molecule has 0 bridgehead atoms. The number of nitrogens with one attached hydrogen (secondary N) is 2. The van der Waals surface area contributed by atoms with Gasteiger partial charge in [-0.3, -0.25) is 19.8 Å². The fourth-order valence-corrected chi connectivity index (χ4v) is 2.68. The molecular weight excluding hydrogens is 252 g/mol. The van der Waals surface area contributed by atoms with Gasteiger partial charge in [-0.15, -0.1) is 11.3 Å². The van der Waals surface area contributed by atoms with Gasteiger partial charge in [-0.1, -0.05) is 0 Å². The van der Waals surface area contributed by atoms with E-state index >= 15 is 0 Å². The molecule has 1 aliphatic heterocycles. The number of amides is 2. The minimum atomic E-state index is -0.285. The van der Waals surface area contributed by atoms with Crippen LogP contribution in [0.3, 0.4) is 0 Å². The van der Waals surface area contributed by atoms with Gasteiger partial charge in [-0.25, -0.2) is 4.98 Å². The first-order valence-corrected chi connectivity index (χ1v) is 6.68. The molecule has 7 heteroatoms. The third-order valence-electron chi connectivity index (χ3n) is 2.78. The Balaban J connectivity index is 2.02. The molecule has 98 valence electrons. The number of thiazole rings is 1. The van der Waals surface area contributed by atoms with Crippen molar-refractivity contribution in [1.29, 1.82) is 0 Å². The summed E-state index contributed by atoms with van der Waals surface area (Å²) in [5.74, 6) is -0.475. The monoisotopic (exact) mass is 268 g/mol. The van der Waals surface area contributed by atoms with Crippen LogP contribution in [0.2, 0.25) is 0 Å². The second-order valence-electron chi connectivity index (χ2n) is 4.16. The highest BCUT2D eigenvalue weighted by atomic mass is 32.1. The van der Waals surface area contributed by atoms with Crippen molar-refractivity contribution in [3.63, 3.8) is 0 Å². The maximum absolute atomic E-state index is 11.5. The molecule has 1 atom stereocenters. The molecule has 0 spiro atoms. The number of hydrogen-bond acceptors (Lipinski definition) is 6. The summed E-state index contributed by atoms with van der Waals surface area (Å²) in [6.45, 7) is 5.46. The second kappa shape index (κ2) is 5.45. The third kappa shape index (κ3) is 2.85. The van der Waals surface area contributed by atoms with Gasteiger partial charge in [0.2, 0.25) is 11.8 Å². The number of hydrogen-bond donors (Lipinski definition) is 2. The minimum Gasteiger partial charge on any atom is -0.362 e. The predicted octanol–water partition coefficient (Wildman–Crippen LogP) is 0.422. The Morgan fingerprint density at radius 1 is 1.61 bits per heavy atom. The Labute approximate surface area is 109 Å². The van der Waals surface area contributed by atoms with Crippen molar-refractivity contribution in [2.24, 2.45) is 0 Å². The summed E-state index contributed by atoms with van der Waals surface area (Å²) in [6.07, 6.45) is 1.78. The highest BCUT2D eigenvalue weighted by Crippen LogP contribution is 2.21. The smallest absolute Gasteiger partial charge is 0.243 e. The topological polar surface area (TPSA) is 74.3 Å². The lowest BCUT2D eigenvalue weighted by Gasteiger charge is -2.30. The predicted molar refractivity (Wildman–Crippen MR) is 69.3 cm³/mol. The summed E-state index contributed by atoms with van der Waals surface area (Å²) in [7, 11) is 0. The summed E-state index contributed by atoms with van der Waals surface area (Å²) in [5, 5.41) is 6.33. The van der Waals surface area contributed by atoms with E-state index in [9.17, 15) is 9.59 Å². The summed E-state index contributed by atoms with van der Waals surface area (Å²) in [4.78, 5) is 30.0. The van der Waals surface area contributed by atoms with Gasteiger partial charge in [0.05, 0.1) is 12.6 Å². The maximum atomic E-state index is 11.5. The molecule has 1 aromatic rings. The quantitative estimate of drug-likeness (QED) is 0.774. The van der Waals surface area contributed by atoms with Crippen molar-refractivity contribution < 1.29 is 9.59 Å². The van der Waals surface area contributed by atoms with E-state index in [0.717, 1.165) is 16.6 Å². The molecule has 1 saturated heterocycles. The van der Waals surface area contributed by atoms with E-state index in [2.05, 4.69) is 15.6 Å². The Hall–Kier alpha value is -1.47. The molecule has 1 fully saturated rings. The number of piperazine rings is 1. The molecule has 2 rings (SSSR count). The van der Waals surface area contributed by atoms with Gasteiger partial charge < -0.3 is 5.32 Å². The van der Waals surface area contributed by atoms with E-state index in [-0.39, 0.29) is 24.4 Å². The Morgan fingerprint density at radius 2 is 2.39 bits per heavy atom. The molecule has 0 radical (unpaired) electrons. The molecule has 1 aromatic heterocycles. The zero-order valence-electron chi connectivity index (χ0n) is 10.4. The van der Waals surface area contributed by atoms with E-state index in [4.69, 9.17) is 0 Å². The van der Waals surface area contributed by atoms with Crippen LogP contribution in [-0.4, -0.2) is 40.8 Å². The van der Waals surface area contributed by atoms with Crippen LogP contribution in [0.1, 0.15) is 18.7 Å². The number of carbonyl (C=O) groups is 2. The van der Waals surface area contributed by atoms with Gasteiger partial charge >= 0.3 is 0 Å². The lowest BCUT2D eigenvalue weighted by atomic mass is 10.2. The largest absolute Gasteiger partial charge is 0.362 e.